The topological polar surface area (TPSA) is 148 Å². The Morgan fingerprint density at radius 2 is 2.08 bits per heavy atom. The zero-order valence-corrected chi connectivity index (χ0v) is 14.9. The van der Waals surface area contributed by atoms with Crippen molar-refractivity contribution >= 4 is 11.9 Å². The first-order chi connectivity index (χ1) is 12.2. The molecule has 5 atom stereocenters. The molecule has 0 spiro atoms. The number of carbonyl (C=O) groups is 2. The van der Waals surface area contributed by atoms with Crippen molar-refractivity contribution in [2.24, 2.45) is 17.4 Å². The number of nitrogens with zero attached hydrogens (tertiary/aromatic N) is 1. The third-order valence-electron chi connectivity index (χ3n) is 4.29. The van der Waals surface area contributed by atoms with E-state index < -0.39 is 42.5 Å². The molecule has 1 amide bonds. The molecule has 0 aliphatic carbocycles. The summed E-state index contributed by atoms with van der Waals surface area (Å²) in [5.74, 6) is -0.910. The van der Waals surface area contributed by atoms with Gasteiger partial charge in [-0.15, -0.1) is 0 Å². The van der Waals surface area contributed by atoms with E-state index in [-0.39, 0.29) is 12.5 Å². The lowest BCUT2D eigenvalue weighted by Gasteiger charge is -2.28. The van der Waals surface area contributed by atoms with Crippen LogP contribution in [-0.4, -0.2) is 64.2 Å². The molecule has 0 radical (unpaired) electrons. The van der Waals surface area contributed by atoms with Gasteiger partial charge in [0.25, 0.3) is 0 Å². The molecule has 1 saturated heterocycles. The number of hydrogen-bond acceptors (Lipinski definition) is 8. The molecule has 2 aliphatic rings. The molecular weight excluding hydrogens is 342 g/mol. The lowest BCUT2D eigenvalue weighted by Crippen LogP contribution is -2.40. The second-order valence-electron chi connectivity index (χ2n) is 6.97. The van der Waals surface area contributed by atoms with Gasteiger partial charge in [0.15, 0.2) is 6.23 Å². The number of aliphatic hydroxyl groups is 2. The quantitative estimate of drug-likeness (QED) is 0.415. The van der Waals surface area contributed by atoms with E-state index in [0.717, 1.165) is 0 Å². The highest BCUT2D eigenvalue weighted by Crippen LogP contribution is 2.27. The molecule has 6 N–H and O–H groups in total. The smallest absolute Gasteiger partial charge is 0.323 e. The SMILES string of the molecule is CC(C)C[C@H](N)C(=O)OC[C@H]1O[C@@H](N2C=CCC(C(N)=O)=C2)[C@H](O)[C@@H]1O. The van der Waals surface area contributed by atoms with Gasteiger partial charge >= 0.3 is 5.97 Å². The van der Waals surface area contributed by atoms with E-state index in [1.54, 1.807) is 12.3 Å². The monoisotopic (exact) mass is 369 g/mol. The summed E-state index contributed by atoms with van der Waals surface area (Å²) in [6, 6.07) is -0.750. The predicted molar refractivity (Wildman–Crippen MR) is 91.9 cm³/mol. The van der Waals surface area contributed by atoms with E-state index in [9.17, 15) is 19.8 Å². The van der Waals surface area contributed by atoms with Crippen LogP contribution in [-0.2, 0) is 19.1 Å². The van der Waals surface area contributed by atoms with Crippen LogP contribution in [0.4, 0.5) is 0 Å². The zero-order chi connectivity index (χ0) is 19.4. The van der Waals surface area contributed by atoms with Crippen LogP contribution in [0.2, 0.25) is 0 Å². The lowest BCUT2D eigenvalue weighted by atomic mass is 10.0. The molecule has 2 aliphatic heterocycles. The summed E-state index contributed by atoms with van der Waals surface area (Å²) >= 11 is 0. The van der Waals surface area contributed by atoms with Crippen molar-refractivity contribution in [1.82, 2.24) is 4.90 Å². The Kier molecular flexibility index (Phi) is 6.76. The number of primary amides is 1. The van der Waals surface area contributed by atoms with Crippen molar-refractivity contribution in [3.05, 3.63) is 24.0 Å². The van der Waals surface area contributed by atoms with Crippen molar-refractivity contribution in [2.75, 3.05) is 6.61 Å². The second-order valence-corrected chi connectivity index (χ2v) is 6.97. The number of allylic oxidation sites excluding steroid dienone is 1. The molecule has 0 aromatic carbocycles. The molecule has 2 rings (SSSR count). The van der Waals surface area contributed by atoms with Gasteiger partial charge in [-0.3, -0.25) is 9.59 Å². The maximum atomic E-state index is 11.9. The molecule has 0 saturated carbocycles. The normalized spacial score (nSPS) is 29.6. The second kappa shape index (κ2) is 8.63. The van der Waals surface area contributed by atoms with Gasteiger partial charge in [0.1, 0.15) is 31.0 Å². The van der Waals surface area contributed by atoms with E-state index >= 15 is 0 Å². The summed E-state index contributed by atoms with van der Waals surface area (Å²) in [6.45, 7) is 3.65. The average molecular weight is 369 g/mol. The Morgan fingerprint density at radius 3 is 2.69 bits per heavy atom. The Hall–Kier alpha value is -1.94. The van der Waals surface area contributed by atoms with E-state index in [4.69, 9.17) is 20.9 Å². The molecule has 26 heavy (non-hydrogen) atoms. The molecule has 0 bridgehead atoms. The first kappa shape index (κ1) is 20.4. The molecule has 1 fully saturated rings. The summed E-state index contributed by atoms with van der Waals surface area (Å²) in [6.07, 6.45) is 1.31. The molecule has 9 heteroatoms. The number of amides is 1. The fourth-order valence-electron chi connectivity index (χ4n) is 2.89. The Bertz CT molecular complexity index is 591. The summed E-state index contributed by atoms with van der Waals surface area (Å²) in [5.41, 5.74) is 11.4. The number of rotatable bonds is 7. The summed E-state index contributed by atoms with van der Waals surface area (Å²) in [7, 11) is 0. The van der Waals surface area contributed by atoms with E-state index in [1.807, 2.05) is 13.8 Å². The Labute approximate surface area is 152 Å². The standard InChI is InChI=1S/C17H27N3O6/c1-9(2)6-11(18)17(24)25-8-12-13(21)14(22)16(26-12)20-5-3-4-10(7-20)15(19)23/h3,5,7,9,11-14,16,21-22H,4,6,8,18H2,1-2H3,(H2,19,23)/t11-,12+,13+,14+,16+/m0/s1. The number of aliphatic hydroxyl groups excluding tert-OH is 2. The highest BCUT2D eigenvalue weighted by molar-refractivity contribution is 5.92. The maximum Gasteiger partial charge on any atom is 0.323 e. The van der Waals surface area contributed by atoms with Crippen LogP contribution < -0.4 is 11.5 Å². The molecule has 2 heterocycles. The lowest BCUT2D eigenvalue weighted by molar-refractivity contribution is -0.152. The van der Waals surface area contributed by atoms with Crippen LogP contribution in [0.15, 0.2) is 24.0 Å². The van der Waals surface area contributed by atoms with Gasteiger partial charge in [0.05, 0.1) is 0 Å². The first-order valence-electron chi connectivity index (χ1n) is 8.59. The number of ether oxygens (including phenoxy) is 2. The number of hydrogen-bond donors (Lipinski definition) is 4. The molecule has 146 valence electrons. The largest absolute Gasteiger partial charge is 0.462 e. The van der Waals surface area contributed by atoms with Crippen LogP contribution in [0.5, 0.6) is 0 Å². The Balaban J connectivity index is 1.95. The van der Waals surface area contributed by atoms with Crippen molar-refractivity contribution < 1.29 is 29.3 Å². The van der Waals surface area contributed by atoms with Crippen molar-refractivity contribution in [2.45, 2.75) is 57.3 Å². The van der Waals surface area contributed by atoms with Crippen LogP contribution in [0.25, 0.3) is 0 Å². The Morgan fingerprint density at radius 1 is 1.38 bits per heavy atom. The predicted octanol–water partition coefficient (Wildman–Crippen LogP) is -1.06. The van der Waals surface area contributed by atoms with E-state index in [2.05, 4.69) is 0 Å². The van der Waals surface area contributed by atoms with Crippen LogP contribution in [0, 0.1) is 5.92 Å². The maximum absolute atomic E-state index is 11.9. The number of esters is 1. The summed E-state index contributed by atoms with van der Waals surface area (Å²) < 4.78 is 10.7. The summed E-state index contributed by atoms with van der Waals surface area (Å²) in [5, 5.41) is 20.4. The van der Waals surface area contributed by atoms with Gasteiger partial charge < -0.3 is 36.1 Å². The van der Waals surface area contributed by atoms with Gasteiger partial charge in [0.2, 0.25) is 5.91 Å². The third kappa shape index (κ3) is 4.82. The highest BCUT2D eigenvalue weighted by Gasteiger charge is 2.45. The molecule has 0 aromatic heterocycles. The fraction of sp³-hybridized carbons (Fsp3) is 0.647. The van der Waals surface area contributed by atoms with Crippen LogP contribution in [0.3, 0.4) is 0 Å². The van der Waals surface area contributed by atoms with Gasteiger partial charge in [-0.2, -0.15) is 0 Å². The van der Waals surface area contributed by atoms with Crippen molar-refractivity contribution in [3.63, 3.8) is 0 Å². The fourth-order valence-corrected chi connectivity index (χ4v) is 2.89. The third-order valence-corrected chi connectivity index (χ3v) is 4.29. The van der Waals surface area contributed by atoms with E-state index in [0.29, 0.717) is 18.4 Å². The minimum atomic E-state index is -1.25. The number of carbonyl (C=O) groups excluding carboxylic acids is 2. The minimum absolute atomic E-state index is 0.233. The highest BCUT2D eigenvalue weighted by atomic mass is 16.6. The van der Waals surface area contributed by atoms with Crippen LogP contribution >= 0.6 is 0 Å². The van der Waals surface area contributed by atoms with E-state index in [1.165, 1.54) is 11.1 Å². The van der Waals surface area contributed by atoms with Crippen molar-refractivity contribution in [3.8, 4) is 0 Å². The zero-order valence-electron chi connectivity index (χ0n) is 14.9. The minimum Gasteiger partial charge on any atom is -0.462 e. The molecule has 9 nitrogen and oxygen atoms in total. The summed E-state index contributed by atoms with van der Waals surface area (Å²) in [4.78, 5) is 24.7. The van der Waals surface area contributed by atoms with Gasteiger partial charge in [-0.1, -0.05) is 19.9 Å². The molecular formula is C17H27N3O6. The first-order valence-corrected chi connectivity index (χ1v) is 8.59. The van der Waals surface area contributed by atoms with Gasteiger partial charge in [-0.25, -0.2) is 0 Å². The molecule has 0 unspecified atom stereocenters. The van der Waals surface area contributed by atoms with Gasteiger partial charge in [-0.05, 0) is 18.8 Å². The number of nitrogens with two attached hydrogens (primary N) is 2. The van der Waals surface area contributed by atoms with Crippen LogP contribution in [0.1, 0.15) is 26.7 Å². The van der Waals surface area contributed by atoms with Gasteiger partial charge in [0, 0.05) is 18.0 Å². The average Bonchev–Trinajstić information content (AvgIpc) is 2.87. The molecule has 0 aromatic rings. The van der Waals surface area contributed by atoms with Crippen molar-refractivity contribution in [1.29, 1.82) is 0 Å².